The fourth-order valence-electron chi connectivity index (χ4n) is 3.04. The zero-order chi connectivity index (χ0) is 31.7. The lowest BCUT2D eigenvalue weighted by Gasteiger charge is -2.09. The van der Waals surface area contributed by atoms with Gasteiger partial charge in [0, 0.05) is 11.9 Å². The standard InChI is InChI=1S/C30H61BrO13/c1-2-3-5-32-7-9-34-11-13-36-15-17-38-19-21-40-23-25-42-27-29-44-30-28-43-26-24-41-22-20-39-18-16-37-14-12-35-10-8-33-6-4-31/h2-30H2,1H3. The monoisotopic (exact) mass is 708 g/mol. The minimum Gasteiger partial charge on any atom is -0.379 e. The van der Waals surface area contributed by atoms with Crippen molar-refractivity contribution in [1.29, 1.82) is 0 Å². The molecule has 0 unspecified atom stereocenters. The Balaban J connectivity index is 3.03. The predicted molar refractivity (Wildman–Crippen MR) is 169 cm³/mol. The molecule has 0 fully saturated rings. The van der Waals surface area contributed by atoms with Crippen LogP contribution >= 0.6 is 15.9 Å². The summed E-state index contributed by atoms with van der Waals surface area (Å²) in [5, 5.41) is 0.838. The molecule has 0 aromatic rings. The molecule has 0 N–H and O–H groups in total. The summed E-state index contributed by atoms with van der Waals surface area (Å²) >= 11 is 3.30. The number of hydrogen-bond acceptors (Lipinski definition) is 13. The van der Waals surface area contributed by atoms with Gasteiger partial charge in [0.2, 0.25) is 0 Å². The zero-order valence-corrected chi connectivity index (χ0v) is 28.8. The molecule has 266 valence electrons. The van der Waals surface area contributed by atoms with E-state index in [1.165, 1.54) is 0 Å². The second kappa shape index (κ2) is 43.0. The fraction of sp³-hybridized carbons (Fsp3) is 1.00. The summed E-state index contributed by atoms with van der Waals surface area (Å²) in [6.45, 7) is 16.7. The number of ether oxygens (including phenoxy) is 13. The van der Waals surface area contributed by atoms with Crippen molar-refractivity contribution in [1.82, 2.24) is 0 Å². The van der Waals surface area contributed by atoms with E-state index in [0.717, 1.165) is 24.8 Å². The molecule has 0 aliphatic heterocycles. The van der Waals surface area contributed by atoms with Gasteiger partial charge in [0.05, 0.1) is 165 Å². The molecule has 0 rings (SSSR count). The van der Waals surface area contributed by atoms with Crippen molar-refractivity contribution in [3.63, 3.8) is 0 Å². The Kier molecular flexibility index (Phi) is 42.9. The Hall–Kier alpha value is -0.0400. The van der Waals surface area contributed by atoms with Crippen LogP contribution < -0.4 is 0 Å². The van der Waals surface area contributed by atoms with Gasteiger partial charge >= 0.3 is 0 Å². The van der Waals surface area contributed by atoms with Crippen LogP contribution in [0.1, 0.15) is 19.8 Å². The van der Waals surface area contributed by atoms with Gasteiger partial charge in [-0.1, -0.05) is 29.3 Å². The van der Waals surface area contributed by atoms with Crippen molar-refractivity contribution in [3.8, 4) is 0 Å². The summed E-state index contributed by atoms with van der Waals surface area (Å²) < 4.78 is 70.7. The summed E-state index contributed by atoms with van der Waals surface area (Å²) in [4.78, 5) is 0. The average Bonchev–Trinajstić information content (AvgIpc) is 3.04. The van der Waals surface area contributed by atoms with Gasteiger partial charge in [-0.2, -0.15) is 0 Å². The molecule has 0 spiro atoms. The zero-order valence-electron chi connectivity index (χ0n) is 27.2. The third kappa shape index (κ3) is 42.0. The maximum Gasteiger partial charge on any atom is 0.0701 e. The van der Waals surface area contributed by atoms with Crippen molar-refractivity contribution >= 4 is 15.9 Å². The van der Waals surface area contributed by atoms with Gasteiger partial charge in [-0.3, -0.25) is 0 Å². The molecule has 0 bridgehead atoms. The highest BCUT2D eigenvalue weighted by molar-refractivity contribution is 9.09. The van der Waals surface area contributed by atoms with Crippen LogP contribution in [-0.2, 0) is 61.6 Å². The number of halogens is 1. The molecule has 0 aromatic carbocycles. The van der Waals surface area contributed by atoms with Gasteiger partial charge in [0.25, 0.3) is 0 Å². The molecule has 0 saturated heterocycles. The van der Waals surface area contributed by atoms with Crippen molar-refractivity contribution in [2.75, 3.05) is 177 Å². The molecule has 0 radical (unpaired) electrons. The molecule has 0 saturated carbocycles. The van der Waals surface area contributed by atoms with Crippen LogP contribution in [-0.4, -0.2) is 177 Å². The second-order valence-corrected chi connectivity index (χ2v) is 9.80. The third-order valence-electron chi connectivity index (χ3n) is 5.33. The van der Waals surface area contributed by atoms with E-state index in [2.05, 4.69) is 22.9 Å². The van der Waals surface area contributed by atoms with E-state index in [9.17, 15) is 0 Å². The summed E-state index contributed by atoms with van der Waals surface area (Å²) in [5.74, 6) is 0. The maximum absolute atomic E-state index is 5.48. The van der Waals surface area contributed by atoms with Crippen LogP contribution in [0.4, 0.5) is 0 Å². The normalized spacial score (nSPS) is 11.6. The van der Waals surface area contributed by atoms with E-state index in [1.54, 1.807) is 0 Å². The van der Waals surface area contributed by atoms with Crippen LogP contribution in [0.5, 0.6) is 0 Å². The van der Waals surface area contributed by atoms with Gasteiger partial charge in [0.15, 0.2) is 0 Å². The SMILES string of the molecule is CCCCOCCOCCOCCOCCOCCOCCOCCOCCOCCOCCOCCOCCOCCBr. The van der Waals surface area contributed by atoms with Crippen LogP contribution in [0.2, 0.25) is 0 Å². The van der Waals surface area contributed by atoms with E-state index >= 15 is 0 Å². The molecule has 0 atom stereocenters. The molecular formula is C30H61BrO13. The molecule has 14 heteroatoms. The summed E-state index contributed by atoms with van der Waals surface area (Å²) in [7, 11) is 0. The molecular weight excluding hydrogens is 648 g/mol. The van der Waals surface area contributed by atoms with Crippen molar-refractivity contribution in [2.24, 2.45) is 0 Å². The quantitative estimate of drug-likeness (QED) is 0.0684. The van der Waals surface area contributed by atoms with Crippen LogP contribution in [0.15, 0.2) is 0 Å². The van der Waals surface area contributed by atoms with E-state index in [4.69, 9.17) is 61.6 Å². The highest BCUT2D eigenvalue weighted by Crippen LogP contribution is 1.89. The summed E-state index contributed by atoms with van der Waals surface area (Å²) in [5.41, 5.74) is 0. The first kappa shape index (κ1) is 44.0. The average molecular weight is 710 g/mol. The van der Waals surface area contributed by atoms with E-state index in [0.29, 0.717) is 165 Å². The van der Waals surface area contributed by atoms with Gasteiger partial charge in [0.1, 0.15) is 0 Å². The Bertz CT molecular complexity index is 456. The van der Waals surface area contributed by atoms with Gasteiger partial charge in [-0.05, 0) is 6.42 Å². The van der Waals surface area contributed by atoms with Crippen molar-refractivity contribution in [3.05, 3.63) is 0 Å². The Labute approximate surface area is 274 Å². The summed E-state index contributed by atoms with van der Waals surface area (Å²) in [6, 6.07) is 0. The lowest BCUT2D eigenvalue weighted by molar-refractivity contribution is -0.0289. The molecule has 13 nitrogen and oxygen atoms in total. The Morgan fingerprint density at radius 1 is 0.250 bits per heavy atom. The number of hydrogen-bond donors (Lipinski definition) is 0. The van der Waals surface area contributed by atoms with E-state index in [-0.39, 0.29) is 0 Å². The van der Waals surface area contributed by atoms with Gasteiger partial charge in [-0.25, -0.2) is 0 Å². The largest absolute Gasteiger partial charge is 0.379 e. The predicted octanol–water partition coefficient (Wildman–Crippen LogP) is 2.40. The molecule has 0 aliphatic carbocycles. The lowest BCUT2D eigenvalue weighted by Crippen LogP contribution is -2.15. The van der Waals surface area contributed by atoms with Gasteiger partial charge in [-0.15, -0.1) is 0 Å². The van der Waals surface area contributed by atoms with Gasteiger partial charge < -0.3 is 61.6 Å². The number of unbranched alkanes of at least 4 members (excludes halogenated alkanes) is 1. The fourth-order valence-corrected chi connectivity index (χ4v) is 3.27. The molecule has 0 heterocycles. The minimum absolute atomic E-state index is 0.515. The van der Waals surface area contributed by atoms with Crippen molar-refractivity contribution < 1.29 is 61.6 Å². The molecule has 0 aromatic heterocycles. The summed E-state index contributed by atoms with van der Waals surface area (Å²) in [6.07, 6.45) is 2.24. The van der Waals surface area contributed by atoms with Crippen LogP contribution in [0.25, 0.3) is 0 Å². The first-order valence-corrected chi connectivity index (χ1v) is 17.1. The Morgan fingerprint density at radius 3 is 0.568 bits per heavy atom. The van der Waals surface area contributed by atoms with Crippen LogP contribution in [0, 0.1) is 0 Å². The number of rotatable bonds is 41. The minimum atomic E-state index is 0.515. The third-order valence-corrected chi connectivity index (χ3v) is 5.65. The second-order valence-electron chi connectivity index (χ2n) is 9.00. The van der Waals surface area contributed by atoms with E-state index in [1.807, 2.05) is 0 Å². The molecule has 44 heavy (non-hydrogen) atoms. The topological polar surface area (TPSA) is 120 Å². The highest BCUT2D eigenvalue weighted by atomic mass is 79.9. The molecule has 0 amide bonds. The Morgan fingerprint density at radius 2 is 0.409 bits per heavy atom. The number of alkyl halides is 1. The van der Waals surface area contributed by atoms with E-state index < -0.39 is 0 Å². The molecule has 0 aliphatic rings. The highest BCUT2D eigenvalue weighted by Gasteiger charge is 1.97. The maximum atomic E-state index is 5.48. The lowest BCUT2D eigenvalue weighted by atomic mass is 10.4. The first-order chi connectivity index (χ1) is 21.9. The van der Waals surface area contributed by atoms with Crippen LogP contribution in [0.3, 0.4) is 0 Å². The van der Waals surface area contributed by atoms with Crippen molar-refractivity contribution in [2.45, 2.75) is 19.8 Å². The smallest absolute Gasteiger partial charge is 0.0701 e. The first-order valence-electron chi connectivity index (χ1n) is 16.0.